The molecule has 0 bridgehead atoms. The van der Waals surface area contributed by atoms with Crippen molar-refractivity contribution in [3.63, 3.8) is 0 Å². The van der Waals surface area contributed by atoms with Crippen LogP contribution < -0.4 is 0 Å². The number of rotatable bonds is 6. The third-order valence-corrected chi connectivity index (χ3v) is 12.3. The van der Waals surface area contributed by atoms with E-state index in [1.165, 1.54) is 71.8 Å². The molecule has 2 nitrogen and oxygen atoms in total. The Balaban J connectivity index is 1.10. The first-order valence-electron chi connectivity index (χ1n) is 20.4. The zero-order valence-electron chi connectivity index (χ0n) is 33.0. The Labute approximate surface area is 345 Å². The fraction of sp³-hybridized carbons (Fsp3) is 0.0526. The molecular formula is C57H40N2. The van der Waals surface area contributed by atoms with Gasteiger partial charge in [0.2, 0.25) is 0 Å². The van der Waals surface area contributed by atoms with Gasteiger partial charge in [-0.1, -0.05) is 208 Å². The molecule has 0 unspecified atom stereocenters. The second-order valence-corrected chi connectivity index (χ2v) is 16.1. The summed E-state index contributed by atoms with van der Waals surface area (Å²) in [6, 6.07) is 74.2. The van der Waals surface area contributed by atoms with Gasteiger partial charge in [0.25, 0.3) is 0 Å². The number of aromatic nitrogens is 2. The van der Waals surface area contributed by atoms with Gasteiger partial charge in [-0.05, 0) is 89.3 Å². The highest BCUT2D eigenvalue weighted by Crippen LogP contribution is 2.55. The van der Waals surface area contributed by atoms with Crippen molar-refractivity contribution >= 4 is 21.5 Å². The van der Waals surface area contributed by atoms with Crippen LogP contribution in [0.4, 0.5) is 0 Å². The average Bonchev–Trinajstić information content (AvgIpc) is 3.55. The first-order chi connectivity index (χ1) is 29.0. The first kappa shape index (κ1) is 34.8. The van der Waals surface area contributed by atoms with Crippen LogP contribution in [-0.2, 0) is 5.41 Å². The summed E-state index contributed by atoms with van der Waals surface area (Å²) >= 11 is 0. The molecule has 1 aliphatic carbocycles. The van der Waals surface area contributed by atoms with E-state index in [0.717, 1.165) is 33.5 Å². The van der Waals surface area contributed by atoms with Crippen molar-refractivity contribution in [1.82, 2.24) is 9.97 Å². The molecule has 0 N–H and O–H groups in total. The maximum Gasteiger partial charge on any atom is 0.160 e. The first-order valence-corrected chi connectivity index (χ1v) is 20.4. The van der Waals surface area contributed by atoms with Crippen LogP contribution in [-0.4, -0.2) is 9.97 Å². The van der Waals surface area contributed by atoms with Crippen molar-refractivity contribution in [3.8, 4) is 78.4 Å². The molecule has 0 saturated carbocycles. The van der Waals surface area contributed by atoms with Crippen molar-refractivity contribution in [2.45, 2.75) is 19.3 Å². The van der Waals surface area contributed by atoms with Crippen molar-refractivity contribution in [2.24, 2.45) is 0 Å². The van der Waals surface area contributed by atoms with Crippen LogP contribution in [0.5, 0.6) is 0 Å². The molecule has 2 heteroatoms. The Morgan fingerprint density at radius 2 is 0.814 bits per heavy atom. The van der Waals surface area contributed by atoms with E-state index in [1.807, 2.05) is 6.07 Å². The van der Waals surface area contributed by atoms with Crippen molar-refractivity contribution < 1.29 is 0 Å². The number of benzene rings is 9. The van der Waals surface area contributed by atoms with Gasteiger partial charge >= 0.3 is 0 Å². The van der Waals surface area contributed by atoms with E-state index in [4.69, 9.17) is 9.97 Å². The van der Waals surface area contributed by atoms with Crippen LogP contribution >= 0.6 is 0 Å². The zero-order chi connectivity index (χ0) is 39.5. The van der Waals surface area contributed by atoms with E-state index in [2.05, 4.69) is 214 Å². The minimum Gasteiger partial charge on any atom is -0.228 e. The predicted octanol–water partition coefficient (Wildman–Crippen LogP) is 15.1. The number of nitrogens with zero attached hydrogens (tertiary/aromatic N) is 2. The molecule has 0 aliphatic heterocycles. The minimum absolute atomic E-state index is 0.192. The summed E-state index contributed by atoms with van der Waals surface area (Å²) in [4.78, 5) is 10.6. The lowest BCUT2D eigenvalue weighted by atomic mass is 9.77. The highest BCUT2D eigenvalue weighted by molar-refractivity contribution is 6.07. The largest absolute Gasteiger partial charge is 0.228 e. The third kappa shape index (κ3) is 5.79. The van der Waals surface area contributed by atoms with Gasteiger partial charge in [0, 0.05) is 22.1 Å². The SMILES string of the molecule is CC1(C)c2c(cccc2-c2ccc(-c3cc(-c4ccc(-c5ccccc5)c(-c5ccccc5)c4)nc(-c4ccccc4)n3)c3ccccc23)-c2ccc3ccccc3c21. The molecule has 0 amide bonds. The van der Waals surface area contributed by atoms with Crippen LogP contribution in [0.1, 0.15) is 25.0 Å². The van der Waals surface area contributed by atoms with Gasteiger partial charge in [0.05, 0.1) is 11.4 Å². The summed E-state index contributed by atoms with van der Waals surface area (Å²) < 4.78 is 0. The van der Waals surface area contributed by atoms with Crippen LogP contribution in [0.2, 0.25) is 0 Å². The van der Waals surface area contributed by atoms with E-state index in [-0.39, 0.29) is 5.41 Å². The fourth-order valence-electron chi connectivity index (χ4n) is 9.61. The van der Waals surface area contributed by atoms with Crippen LogP contribution in [0.25, 0.3) is 100.0 Å². The van der Waals surface area contributed by atoms with E-state index >= 15 is 0 Å². The zero-order valence-corrected chi connectivity index (χ0v) is 33.0. The van der Waals surface area contributed by atoms with E-state index in [1.54, 1.807) is 0 Å². The quantitative estimate of drug-likeness (QED) is 0.169. The van der Waals surface area contributed by atoms with Crippen LogP contribution in [0, 0.1) is 0 Å². The number of hydrogen-bond donors (Lipinski definition) is 0. The maximum atomic E-state index is 5.32. The summed E-state index contributed by atoms with van der Waals surface area (Å²) in [6.45, 7) is 4.79. The minimum atomic E-state index is -0.192. The van der Waals surface area contributed by atoms with Crippen molar-refractivity contribution in [2.75, 3.05) is 0 Å². The summed E-state index contributed by atoms with van der Waals surface area (Å²) in [6.07, 6.45) is 0. The van der Waals surface area contributed by atoms with E-state index in [9.17, 15) is 0 Å². The molecule has 1 aliphatic rings. The van der Waals surface area contributed by atoms with Gasteiger partial charge in [-0.15, -0.1) is 0 Å². The van der Waals surface area contributed by atoms with Gasteiger partial charge < -0.3 is 0 Å². The molecule has 59 heavy (non-hydrogen) atoms. The van der Waals surface area contributed by atoms with E-state index in [0.29, 0.717) is 5.82 Å². The lowest BCUT2D eigenvalue weighted by molar-refractivity contribution is 0.668. The normalized spacial score (nSPS) is 12.7. The molecule has 10 aromatic rings. The smallest absolute Gasteiger partial charge is 0.160 e. The summed E-state index contributed by atoms with van der Waals surface area (Å²) in [7, 11) is 0. The molecule has 11 rings (SSSR count). The topological polar surface area (TPSA) is 25.8 Å². The molecule has 0 radical (unpaired) electrons. The van der Waals surface area contributed by atoms with Gasteiger partial charge in [-0.25, -0.2) is 9.97 Å². The van der Waals surface area contributed by atoms with E-state index < -0.39 is 0 Å². The van der Waals surface area contributed by atoms with Gasteiger partial charge in [0.15, 0.2) is 5.82 Å². The number of fused-ring (bicyclic) bond motifs is 6. The summed E-state index contributed by atoms with van der Waals surface area (Å²) in [5.41, 5.74) is 17.3. The second kappa shape index (κ2) is 13.9. The highest BCUT2D eigenvalue weighted by Gasteiger charge is 2.39. The molecule has 278 valence electrons. The molecule has 1 heterocycles. The molecule has 1 aromatic heterocycles. The predicted molar refractivity (Wildman–Crippen MR) is 247 cm³/mol. The maximum absolute atomic E-state index is 5.32. The van der Waals surface area contributed by atoms with Gasteiger partial charge in [0.1, 0.15) is 0 Å². The summed E-state index contributed by atoms with van der Waals surface area (Å²) in [5.74, 6) is 0.701. The van der Waals surface area contributed by atoms with Crippen molar-refractivity contribution in [3.05, 3.63) is 217 Å². The Morgan fingerprint density at radius 3 is 1.53 bits per heavy atom. The Hall–Kier alpha value is -7.42. The fourth-order valence-corrected chi connectivity index (χ4v) is 9.61. The third-order valence-electron chi connectivity index (χ3n) is 12.3. The Morgan fingerprint density at radius 1 is 0.305 bits per heavy atom. The number of hydrogen-bond acceptors (Lipinski definition) is 2. The molecular weight excluding hydrogens is 713 g/mol. The molecule has 9 aromatic carbocycles. The van der Waals surface area contributed by atoms with Crippen LogP contribution in [0.3, 0.4) is 0 Å². The Bertz CT molecular complexity index is 3220. The highest BCUT2D eigenvalue weighted by atomic mass is 14.9. The summed E-state index contributed by atoms with van der Waals surface area (Å²) in [5, 5.41) is 4.98. The second-order valence-electron chi connectivity index (χ2n) is 16.1. The molecule has 0 atom stereocenters. The lowest BCUT2D eigenvalue weighted by Crippen LogP contribution is -2.17. The average molecular weight is 753 g/mol. The van der Waals surface area contributed by atoms with Crippen LogP contribution in [0.15, 0.2) is 206 Å². The van der Waals surface area contributed by atoms with Gasteiger partial charge in [-0.2, -0.15) is 0 Å². The monoisotopic (exact) mass is 752 g/mol. The standard InChI is InChI=1S/C57H40N2/c1-57(2)54-43-24-13-12-21-39(43)29-32-50(54)49-28-16-27-48(55(49)57)46-33-34-47(45-26-15-14-25-44(45)46)53-36-52(58-56(59-53)40-22-10-5-11-23-40)41-30-31-42(37-17-6-3-7-18-37)51(35-41)38-19-8-4-9-20-38/h3-36H,1-2H3. The van der Waals surface area contributed by atoms with Gasteiger partial charge in [-0.3, -0.25) is 0 Å². The molecule has 0 fully saturated rings. The Kier molecular flexibility index (Phi) is 8.20. The lowest BCUT2D eigenvalue weighted by Gasteiger charge is -2.26. The molecule has 0 spiro atoms. The molecule has 0 saturated heterocycles. The van der Waals surface area contributed by atoms with Crippen molar-refractivity contribution in [1.29, 1.82) is 0 Å².